The molecule has 1 fully saturated rings. The third kappa shape index (κ3) is 5.52. The van der Waals surface area contributed by atoms with Crippen LogP contribution in [0.3, 0.4) is 0 Å². The SMILES string of the molecule is O=C(Nc1ccc(NC(=O)c2ccc(N3CCCCC3)c([N+](=O)[O-])c2)cc1)c1cccc(Cl)c1. The van der Waals surface area contributed by atoms with Crippen molar-refractivity contribution >= 4 is 46.2 Å². The fourth-order valence-electron chi connectivity index (χ4n) is 3.89. The fourth-order valence-corrected chi connectivity index (χ4v) is 4.08. The molecule has 0 atom stereocenters. The Balaban J connectivity index is 1.43. The number of hydrogen-bond donors (Lipinski definition) is 2. The van der Waals surface area contributed by atoms with E-state index >= 15 is 0 Å². The van der Waals surface area contributed by atoms with Crippen molar-refractivity contribution in [3.05, 3.63) is 93.0 Å². The quantitative estimate of drug-likeness (QED) is 0.347. The third-order valence-electron chi connectivity index (χ3n) is 5.62. The van der Waals surface area contributed by atoms with E-state index < -0.39 is 10.8 Å². The summed E-state index contributed by atoms with van der Waals surface area (Å²) in [5.74, 6) is -0.760. The highest BCUT2D eigenvalue weighted by Crippen LogP contribution is 2.31. The van der Waals surface area contributed by atoms with E-state index in [0.29, 0.717) is 27.6 Å². The van der Waals surface area contributed by atoms with Gasteiger partial charge in [0.15, 0.2) is 0 Å². The third-order valence-corrected chi connectivity index (χ3v) is 5.85. The summed E-state index contributed by atoms with van der Waals surface area (Å²) < 4.78 is 0. The fraction of sp³-hybridized carbons (Fsp3) is 0.200. The minimum absolute atomic E-state index is 0.0753. The number of nitrogens with zero attached hydrogens (tertiary/aromatic N) is 2. The first-order valence-corrected chi connectivity index (χ1v) is 11.3. The first-order valence-electron chi connectivity index (χ1n) is 10.9. The molecule has 3 aromatic rings. The molecule has 1 heterocycles. The van der Waals surface area contributed by atoms with Crippen LogP contribution in [0.2, 0.25) is 5.02 Å². The highest BCUT2D eigenvalue weighted by atomic mass is 35.5. The molecule has 1 aliphatic rings. The van der Waals surface area contributed by atoms with Crippen LogP contribution >= 0.6 is 11.6 Å². The smallest absolute Gasteiger partial charge is 0.293 e. The molecule has 0 aliphatic carbocycles. The number of piperidine rings is 1. The zero-order valence-corrected chi connectivity index (χ0v) is 19.0. The Kier molecular flexibility index (Phi) is 7.08. The van der Waals surface area contributed by atoms with Crippen molar-refractivity contribution in [1.29, 1.82) is 0 Å². The molecule has 0 spiro atoms. The van der Waals surface area contributed by atoms with Gasteiger partial charge in [0.25, 0.3) is 17.5 Å². The molecule has 0 aromatic heterocycles. The molecule has 174 valence electrons. The van der Waals surface area contributed by atoms with Gasteiger partial charge in [0.2, 0.25) is 0 Å². The van der Waals surface area contributed by atoms with Crippen molar-refractivity contribution < 1.29 is 14.5 Å². The Morgan fingerprint density at radius 2 is 1.41 bits per heavy atom. The molecule has 0 radical (unpaired) electrons. The molecule has 1 aliphatic heterocycles. The number of nitrogens with one attached hydrogen (secondary N) is 2. The summed E-state index contributed by atoms with van der Waals surface area (Å²) in [6.07, 6.45) is 3.11. The molecule has 2 amide bonds. The summed E-state index contributed by atoms with van der Waals surface area (Å²) in [5.41, 5.74) is 2.14. The van der Waals surface area contributed by atoms with Crippen molar-refractivity contribution in [3.63, 3.8) is 0 Å². The van der Waals surface area contributed by atoms with Gasteiger partial charge in [0.1, 0.15) is 5.69 Å². The lowest BCUT2D eigenvalue weighted by molar-refractivity contribution is -0.384. The zero-order chi connectivity index (χ0) is 24.1. The van der Waals surface area contributed by atoms with Crippen molar-refractivity contribution in [1.82, 2.24) is 0 Å². The van der Waals surface area contributed by atoms with E-state index in [1.807, 2.05) is 4.90 Å². The second-order valence-electron chi connectivity index (χ2n) is 8.00. The minimum atomic E-state index is -0.455. The van der Waals surface area contributed by atoms with Crippen LogP contribution in [0, 0.1) is 10.1 Å². The van der Waals surface area contributed by atoms with Crippen LogP contribution in [0.5, 0.6) is 0 Å². The number of carbonyl (C=O) groups excluding carboxylic acids is 2. The highest BCUT2D eigenvalue weighted by Gasteiger charge is 2.23. The van der Waals surface area contributed by atoms with Crippen molar-refractivity contribution in [2.24, 2.45) is 0 Å². The summed E-state index contributed by atoms with van der Waals surface area (Å²) in [6, 6.07) is 17.8. The van der Waals surface area contributed by atoms with Crippen molar-refractivity contribution in [2.75, 3.05) is 28.6 Å². The normalized spacial score (nSPS) is 13.3. The number of amides is 2. The van der Waals surface area contributed by atoms with Crippen LogP contribution in [0.25, 0.3) is 0 Å². The van der Waals surface area contributed by atoms with E-state index in [-0.39, 0.29) is 17.2 Å². The van der Waals surface area contributed by atoms with E-state index in [2.05, 4.69) is 10.6 Å². The first kappa shape index (κ1) is 23.3. The number of nitro benzene ring substituents is 1. The minimum Gasteiger partial charge on any atom is -0.366 e. The van der Waals surface area contributed by atoms with Gasteiger partial charge in [-0.2, -0.15) is 0 Å². The largest absolute Gasteiger partial charge is 0.366 e. The summed E-state index contributed by atoms with van der Waals surface area (Å²) in [5, 5.41) is 17.6. The Bertz CT molecular complexity index is 1220. The zero-order valence-electron chi connectivity index (χ0n) is 18.3. The van der Waals surface area contributed by atoms with Gasteiger partial charge in [-0.3, -0.25) is 19.7 Å². The molecule has 4 rings (SSSR count). The lowest BCUT2D eigenvalue weighted by Crippen LogP contribution is -2.30. The second-order valence-corrected chi connectivity index (χ2v) is 8.44. The number of rotatable bonds is 6. The second kappa shape index (κ2) is 10.4. The van der Waals surface area contributed by atoms with Gasteiger partial charge in [0.05, 0.1) is 4.92 Å². The van der Waals surface area contributed by atoms with E-state index in [1.54, 1.807) is 60.7 Å². The maximum absolute atomic E-state index is 12.7. The molecule has 0 unspecified atom stereocenters. The van der Waals surface area contributed by atoms with E-state index in [9.17, 15) is 19.7 Å². The van der Waals surface area contributed by atoms with Gasteiger partial charge in [-0.05, 0) is 73.9 Å². The maximum Gasteiger partial charge on any atom is 0.293 e. The van der Waals surface area contributed by atoms with Gasteiger partial charge in [-0.25, -0.2) is 0 Å². The van der Waals surface area contributed by atoms with Crippen LogP contribution in [0.4, 0.5) is 22.7 Å². The van der Waals surface area contributed by atoms with Gasteiger partial charge in [0, 0.05) is 46.7 Å². The Morgan fingerprint density at radius 3 is 1.97 bits per heavy atom. The molecular formula is C25H23ClN4O4. The summed E-state index contributed by atoms with van der Waals surface area (Å²) in [4.78, 5) is 38.3. The summed E-state index contributed by atoms with van der Waals surface area (Å²) >= 11 is 5.93. The molecule has 9 heteroatoms. The molecule has 34 heavy (non-hydrogen) atoms. The number of nitro groups is 1. The van der Waals surface area contributed by atoms with Crippen LogP contribution in [-0.2, 0) is 0 Å². The van der Waals surface area contributed by atoms with Crippen molar-refractivity contribution in [3.8, 4) is 0 Å². The van der Waals surface area contributed by atoms with Crippen LogP contribution < -0.4 is 15.5 Å². The van der Waals surface area contributed by atoms with Crippen LogP contribution in [-0.4, -0.2) is 29.8 Å². The van der Waals surface area contributed by atoms with E-state index in [0.717, 1.165) is 32.4 Å². The van der Waals surface area contributed by atoms with Gasteiger partial charge >= 0.3 is 0 Å². The summed E-state index contributed by atoms with van der Waals surface area (Å²) in [7, 11) is 0. The predicted molar refractivity (Wildman–Crippen MR) is 133 cm³/mol. The Morgan fingerprint density at radius 1 is 0.824 bits per heavy atom. The number of anilines is 3. The lowest BCUT2D eigenvalue weighted by Gasteiger charge is -2.28. The predicted octanol–water partition coefficient (Wildman–Crippen LogP) is 5.74. The first-order chi connectivity index (χ1) is 16.4. The van der Waals surface area contributed by atoms with Gasteiger partial charge in [-0.15, -0.1) is 0 Å². The van der Waals surface area contributed by atoms with Crippen molar-refractivity contribution in [2.45, 2.75) is 19.3 Å². The average Bonchev–Trinajstić information content (AvgIpc) is 2.85. The number of benzene rings is 3. The van der Waals surface area contributed by atoms with Gasteiger partial charge in [-0.1, -0.05) is 17.7 Å². The molecule has 1 saturated heterocycles. The standard InChI is InChI=1S/C25H23ClN4O4/c26-19-6-4-5-17(15-19)24(31)27-20-8-10-21(11-9-20)28-25(32)18-7-12-22(23(16-18)30(33)34)29-13-2-1-3-14-29/h4-12,15-16H,1-3,13-14H2,(H,27,31)(H,28,32). The monoisotopic (exact) mass is 478 g/mol. The molecule has 0 saturated carbocycles. The summed E-state index contributed by atoms with van der Waals surface area (Å²) in [6.45, 7) is 1.54. The molecule has 3 aromatic carbocycles. The number of hydrogen-bond acceptors (Lipinski definition) is 5. The number of carbonyl (C=O) groups is 2. The molecular weight excluding hydrogens is 456 g/mol. The van der Waals surface area contributed by atoms with E-state index in [4.69, 9.17) is 11.6 Å². The molecule has 2 N–H and O–H groups in total. The lowest BCUT2D eigenvalue weighted by atomic mass is 10.1. The Hall–Kier alpha value is -3.91. The van der Waals surface area contributed by atoms with Gasteiger partial charge < -0.3 is 15.5 Å². The number of halogens is 1. The highest BCUT2D eigenvalue weighted by molar-refractivity contribution is 6.31. The Labute approximate surface area is 201 Å². The average molecular weight is 479 g/mol. The molecule has 0 bridgehead atoms. The maximum atomic E-state index is 12.7. The van der Waals surface area contributed by atoms with E-state index in [1.165, 1.54) is 6.07 Å². The van der Waals surface area contributed by atoms with Crippen LogP contribution in [0.15, 0.2) is 66.7 Å². The van der Waals surface area contributed by atoms with Crippen LogP contribution in [0.1, 0.15) is 40.0 Å². The topological polar surface area (TPSA) is 105 Å². The molecule has 8 nitrogen and oxygen atoms in total.